The molecular weight excluding hydrogens is 170 g/mol. The van der Waals surface area contributed by atoms with E-state index in [2.05, 4.69) is 4.98 Å². The van der Waals surface area contributed by atoms with Crippen LogP contribution in [0.5, 0.6) is 0 Å². The first-order chi connectivity index (χ1) is 5.77. The summed E-state index contributed by atoms with van der Waals surface area (Å²) in [6.45, 7) is 1.79. The van der Waals surface area contributed by atoms with Gasteiger partial charge in [-0.25, -0.2) is 4.98 Å². The van der Waals surface area contributed by atoms with Crippen LogP contribution in [0.25, 0.3) is 10.9 Å². The minimum Gasteiger partial charge on any atom is -0.431 e. The van der Waals surface area contributed by atoms with Crippen LogP contribution < -0.4 is 0 Å². The number of aryl methyl sites for hydroxylation is 1. The average molecular weight is 177 g/mol. The molecule has 1 aromatic heterocycles. The molecular formula is C9H7NOS. The molecule has 0 N–H and O–H groups in total. The van der Waals surface area contributed by atoms with Crippen LogP contribution in [0.1, 0.15) is 5.89 Å². The van der Waals surface area contributed by atoms with Gasteiger partial charge in [0.05, 0.1) is 10.9 Å². The number of hydrogen-bond donors (Lipinski definition) is 0. The molecule has 1 aromatic carbocycles. The van der Waals surface area contributed by atoms with Crippen molar-refractivity contribution in [2.45, 2.75) is 6.92 Å². The summed E-state index contributed by atoms with van der Waals surface area (Å²) in [5.74, 6) is 0.610. The van der Waals surface area contributed by atoms with Crippen LogP contribution in [0, 0.1) is 11.6 Å². The number of fused-ring (bicyclic) bond motifs is 1. The summed E-state index contributed by atoms with van der Waals surface area (Å²) >= 11 is 5.03. The summed E-state index contributed by atoms with van der Waals surface area (Å²) in [7, 11) is 0. The minimum atomic E-state index is 0.512. The second-order valence-corrected chi connectivity index (χ2v) is 2.91. The van der Waals surface area contributed by atoms with Gasteiger partial charge in [-0.3, -0.25) is 0 Å². The Kier molecular flexibility index (Phi) is 1.66. The van der Waals surface area contributed by atoms with E-state index in [1.54, 1.807) is 6.92 Å². The highest BCUT2D eigenvalue weighted by molar-refractivity contribution is 7.71. The van der Waals surface area contributed by atoms with E-state index in [-0.39, 0.29) is 0 Å². The van der Waals surface area contributed by atoms with E-state index < -0.39 is 0 Å². The van der Waals surface area contributed by atoms with Gasteiger partial charge in [-0.05, 0) is 24.4 Å². The van der Waals surface area contributed by atoms with Crippen LogP contribution in [0.15, 0.2) is 28.7 Å². The van der Waals surface area contributed by atoms with Crippen LogP contribution in [0.4, 0.5) is 0 Å². The zero-order chi connectivity index (χ0) is 8.55. The molecule has 1 heterocycles. The van der Waals surface area contributed by atoms with E-state index in [9.17, 15) is 0 Å². The second kappa shape index (κ2) is 2.68. The second-order valence-electron chi connectivity index (χ2n) is 2.54. The summed E-state index contributed by atoms with van der Waals surface area (Å²) in [5, 5.41) is 0.901. The Morgan fingerprint density at radius 2 is 2.08 bits per heavy atom. The molecule has 0 saturated carbocycles. The van der Waals surface area contributed by atoms with Crippen molar-refractivity contribution < 1.29 is 4.42 Å². The molecule has 0 saturated heterocycles. The van der Waals surface area contributed by atoms with Crippen LogP contribution >= 0.6 is 12.2 Å². The lowest BCUT2D eigenvalue weighted by molar-refractivity contribution is 0.486. The van der Waals surface area contributed by atoms with Crippen molar-refractivity contribution in [3.8, 4) is 0 Å². The Morgan fingerprint density at radius 1 is 1.33 bits per heavy atom. The zero-order valence-corrected chi connectivity index (χ0v) is 7.39. The molecule has 0 fully saturated rings. The van der Waals surface area contributed by atoms with Crippen molar-refractivity contribution in [3.63, 3.8) is 0 Å². The largest absolute Gasteiger partial charge is 0.431 e. The maximum absolute atomic E-state index is 5.19. The predicted octanol–water partition coefficient (Wildman–Crippen LogP) is 2.87. The summed E-state index contributed by atoms with van der Waals surface area (Å²) in [4.78, 5) is 4.20. The topological polar surface area (TPSA) is 26.0 Å². The van der Waals surface area contributed by atoms with Crippen LogP contribution in [-0.4, -0.2) is 4.98 Å². The van der Waals surface area contributed by atoms with Crippen molar-refractivity contribution in [1.82, 2.24) is 4.98 Å². The lowest BCUT2D eigenvalue weighted by atomic mass is 10.2. The Balaban J connectivity index is 2.99. The van der Waals surface area contributed by atoms with Gasteiger partial charge in [-0.15, -0.1) is 0 Å². The lowest BCUT2D eigenvalue weighted by Crippen LogP contribution is -1.82. The van der Waals surface area contributed by atoms with E-state index in [0.29, 0.717) is 10.6 Å². The molecule has 0 aliphatic heterocycles. The SMILES string of the molecule is Cc1nc2ccccc2c(=S)o1. The van der Waals surface area contributed by atoms with Crippen molar-refractivity contribution in [3.05, 3.63) is 34.9 Å². The van der Waals surface area contributed by atoms with Gasteiger partial charge >= 0.3 is 0 Å². The van der Waals surface area contributed by atoms with Gasteiger partial charge < -0.3 is 4.42 Å². The van der Waals surface area contributed by atoms with Gasteiger partial charge in [-0.2, -0.15) is 0 Å². The summed E-state index contributed by atoms with van der Waals surface area (Å²) in [6, 6.07) is 7.69. The monoisotopic (exact) mass is 177 g/mol. The molecule has 2 rings (SSSR count). The summed E-state index contributed by atoms with van der Waals surface area (Å²) in [5.41, 5.74) is 0.895. The summed E-state index contributed by atoms with van der Waals surface area (Å²) < 4.78 is 5.71. The van der Waals surface area contributed by atoms with Crippen LogP contribution in [-0.2, 0) is 0 Å². The number of benzene rings is 1. The third kappa shape index (κ3) is 1.12. The molecule has 60 valence electrons. The molecule has 3 heteroatoms. The minimum absolute atomic E-state index is 0.512. The smallest absolute Gasteiger partial charge is 0.201 e. The summed E-state index contributed by atoms with van der Waals surface area (Å²) in [6.07, 6.45) is 0. The fraction of sp³-hybridized carbons (Fsp3) is 0.111. The van der Waals surface area contributed by atoms with Crippen LogP contribution in [0.3, 0.4) is 0 Å². The van der Waals surface area contributed by atoms with Gasteiger partial charge in [0.1, 0.15) is 0 Å². The highest BCUT2D eigenvalue weighted by Crippen LogP contribution is 2.13. The van der Waals surface area contributed by atoms with Crippen molar-refractivity contribution >= 4 is 23.1 Å². The highest BCUT2D eigenvalue weighted by Gasteiger charge is 1.97. The van der Waals surface area contributed by atoms with Crippen molar-refractivity contribution in [2.75, 3.05) is 0 Å². The molecule has 0 aliphatic carbocycles. The predicted molar refractivity (Wildman–Crippen MR) is 49.6 cm³/mol. The van der Waals surface area contributed by atoms with Crippen molar-refractivity contribution in [1.29, 1.82) is 0 Å². The normalized spacial score (nSPS) is 10.4. The number of nitrogens with zero attached hydrogens (tertiary/aromatic N) is 1. The average Bonchev–Trinajstić information content (AvgIpc) is 2.04. The standard InChI is InChI=1S/C9H7NOS/c1-6-10-8-5-3-2-4-7(8)9(12)11-6/h2-5H,1H3. The molecule has 0 aliphatic rings. The molecule has 0 atom stereocenters. The fourth-order valence-electron chi connectivity index (χ4n) is 1.13. The Bertz CT molecular complexity index is 475. The first kappa shape index (κ1) is 7.43. The molecule has 0 radical (unpaired) electrons. The molecule has 0 spiro atoms. The van der Waals surface area contributed by atoms with E-state index in [1.165, 1.54) is 0 Å². The molecule has 12 heavy (non-hydrogen) atoms. The fourth-order valence-corrected chi connectivity index (χ4v) is 1.42. The first-order valence-corrected chi connectivity index (χ1v) is 4.05. The Hall–Kier alpha value is -1.22. The molecule has 0 unspecified atom stereocenters. The van der Waals surface area contributed by atoms with E-state index in [1.807, 2.05) is 24.3 Å². The van der Waals surface area contributed by atoms with Crippen molar-refractivity contribution in [2.24, 2.45) is 0 Å². The van der Waals surface area contributed by atoms with Gasteiger partial charge in [0, 0.05) is 6.92 Å². The molecule has 2 nitrogen and oxygen atoms in total. The maximum atomic E-state index is 5.19. The number of para-hydroxylation sites is 1. The molecule has 2 aromatic rings. The number of aromatic nitrogens is 1. The van der Waals surface area contributed by atoms with E-state index in [4.69, 9.17) is 16.6 Å². The van der Waals surface area contributed by atoms with Gasteiger partial charge in [0.15, 0.2) is 5.89 Å². The van der Waals surface area contributed by atoms with Gasteiger partial charge in [0.25, 0.3) is 0 Å². The Morgan fingerprint density at radius 3 is 2.92 bits per heavy atom. The Labute approximate surface area is 74.9 Å². The van der Waals surface area contributed by atoms with E-state index in [0.717, 1.165) is 10.9 Å². The quantitative estimate of drug-likeness (QED) is 0.579. The zero-order valence-electron chi connectivity index (χ0n) is 6.57. The third-order valence-electron chi connectivity index (χ3n) is 1.64. The lowest BCUT2D eigenvalue weighted by Gasteiger charge is -1.96. The van der Waals surface area contributed by atoms with Crippen LogP contribution in [0.2, 0.25) is 0 Å². The number of rotatable bonds is 0. The van der Waals surface area contributed by atoms with Gasteiger partial charge in [-0.1, -0.05) is 12.1 Å². The molecule has 0 amide bonds. The van der Waals surface area contributed by atoms with E-state index >= 15 is 0 Å². The third-order valence-corrected chi connectivity index (χ3v) is 1.95. The number of hydrogen-bond acceptors (Lipinski definition) is 3. The first-order valence-electron chi connectivity index (χ1n) is 3.64. The van der Waals surface area contributed by atoms with Gasteiger partial charge in [0.2, 0.25) is 4.71 Å². The maximum Gasteiger partial charge on any atom is 0.201 e. The highest BCUT2D eigenvalue weighted by atomic mass is 32.1. The molecule has 0 bridgehead atoms.